The van der Waals surface area contributed by atoms with Gasteiger partial charge in [-0.05, 0) is 68.9 Å². The van der Waals surface area contributed by atoms with Gasteiger partial charge in [-0.2, -0.15) is 0 Å². The predicted octanol–water partition coefficient (Wildman–Crippen LogP) is 4.26. The maximum atomic E-state index is 12.7. The van der Waals surface area contributed by atoms with Crippen molar-refractivity contribution in [2.75, 3.05) is 38.6 Å². The molecule has 6 nitrogen and oxygen atoms in total. The first-order valence-electron chi connectivity index (χ1n) is 11.7. The van der Waals surface area contributed by atoms with Crippen LogP contribution in [0.5, 0.6) is 0 Å². The summed E-state index contributed by atoms with van der Waals surface area (Å²) in [6, 6.07) is 17.4. The maximum Gasteiger partial charge on any atom is 0.269 e. The summed E-state index contributed by atoms with van der Waals surface area (Å²) in [5, 5.41) is 4.48. The molecule has 34 heavy (non-hydrogen) atoms. The number of fused-ring (bicyclic) bond motifs is 1. The smallest absolute Gasteiger partial charge is 0.269 e. The van der Waals surface area contributed by atoms with Gasteiger partial charge in [0.25, 0.3) is 5.91 Å². The van der Waals surface area contributed by atoms with E-state index in [1.54, 1.807) is 18.2 Å². The number of hydrogen-bond donors (Lipinski definition) is 1. The standard InChI is InChI=1S/C27H29ClN4O2/c1-31(2)17-27(11-12-27)20-4-7-22(8-5-20)32-16-18(13-25(32)33)15-29-26(34)24-9-3-19-14-21(28)6-10-23(19)30-24/h3-10,14,18H,11-13,15-17H2,1-2H3,(H,29,34). The van der Waals surface area contributed by atoms with Crippen LogP contribution in [0.25, 0.3) is 10.9 Å². The van der Waals surface area contributed by atoms with Crippen LogP contribution in [-0.2, 0) is 10.2 Å². The highest BCUT2D eigenvalue weighted by Gasteiger charge is 2.44. The minimum atomic E-state index is -0.234. The Labute approximate surface area is 204 Å². The van der Waals surface area contributed by atoms with Crippen LogP contribution < -0.4 is 10.2 Å². The van der Waals surface area contributed by atoms with Gasteiger partial charge in [-0.3, -0.25) is 9.59 Å². The van der Waals surface area contributed by atoms with Crippen LogP contribution in [0.2, 0.25) is 5.02 Å². The molecule has 1 aliphatic carbocycles. The molecule has 3 aromatic rings. The second-order valence-corrected chi connectivity index (χ2v) is 10.3. The molecule has 1 atom stereocenters. The predicted molar refractivity (Wildman–Crippen MR) is 135 cm³/mol. The fourth-order valence-electron chi connectivity index (χ4n) is 5.01. The second-order valence-electron chi connectivity index (χ2n) is 9.88. The van der Waals surface area contributed by atoms with Crippen molar-refractivity contribution in [2.45, 2.75) is 24.7 Å². The Morgan fingerprint density at radius 1 is 1.15 bits per heavy atom. The number of carbonyl (C=O) groups is 2. The van der Waals surface area contributed by atoms with Gasteiger partial charge in [0.2, 0.25) is 5.91 Å². The quantitative estimate of drug-likeness (QED) is 0.553. The van der Waals surface area contributed by atoms with Gasteiger partial charge in [0, 0.05) is 53.5 Å². The molecule has 5 rings (SSSR count). The van der Waals surface area contributed by atoms with E-state index in [1.165, 1.54) is 18.4 Å². The van der Waals surface area contributed by atoms with Gasteiger partial charge in [0.05, 0.1) is 5.52 Å². The number of rotatable bonds is 7. The number of carbonyl (C=O) groups excluding carboxylic acids is 2. The first kappa shape index (κ1) is 22.8. The van der Waals surface area contributed by atoms with Crippen LogP contribution in [-0.4, -0.2) is 55.4 Å². The Morgan fingerprint density at radius 3 is 2.62 bits per heavy atom. The summed E-state index contributed by atoms with van der Waals surface area (Å²) in [6.07, 6.45) is 2.86. The van der Waals surface area contributed by atoms with Gasteiger partial charge in [-0.25, -0.2) is 4.98 Å². The summed E-state index contributed by atoms with van der Waals surface area (Å²) in [7, 11) is 4.23. The summed E-state index contributed by atoms with van der Waals surface area (Å²) < 4.78 is 0. The van der Waals surface area contributed by atoms with Crippen molar-refractivity contribution < 1.29 is 9.59 Å². The fraction of sp³-hybridized carbons (Fsp3) is 0.370. The molecule has 2 heterocycles. The number of likely N-dealkylation sites (N-methyl/N-ethyl adjacent to an activating group) is 1. The summed E-state index contributed by atoms with van der Waals surface area (Å²) in [5.74, 6) is -0.0660. The van der Waals surface area contributed by atoms with E-state index in [0.29, 0.717) is 30.2 Å². The molecule has 176 valence electrons. The van der Waals surface area contributed by atoms with E-state index in [9.17, 15) is 9.59 Å². The molecule has 0 radical (unpaired) electrons. The van der Waals surface area contributed by atoms with E-state index >= 15 is 0 Å². The number of hydrogen-bond acceptors (Lipinski definition) is 4. The Balaban J connectivity index is 1.19. The van der Waals surface area contributed by atoms with Crippen LogP contribution in [0.15, 0.2) is 54.6 Å². The zero-order valence-electron chi connectivity index (χ0n) is 19.6. The minimum Gasteiger partial charge on any atom is -0.350 e. The molecule has 1 saturated heterocycles. The van der Waals surface area contributed by atoms with Crippen molar-refractivity contribution in [3.05, 3.63) is 70.9 Å². The van der Waals surface area contributed by atoms with E-state index in [0.717, 1.165) is 23.1 Å². The van der Waals surface area contributed by atoms with E-state index < -0.39 is 0 Å². The number of aromatic nitrogens is 1. The molecule has 1 saturated carbocycles. The summed E-state index contributed by atoms with van der Waals surface area (Å²) >= 11 is 6.02. The third-order valence-corrected chi connectivity index (χ3v) is 7.14. The van der Waals surface area contributed by atoms with Crippen LogP contribution in [0.4, 0.5) is 5.69 Å². The van der Waals surface area contributed by atoms with Gasteiger partial charge in [0.15, 0.2) is 0 Å². The summed E-state index contributed by atoms with van der Waals surface area (Å²) in [6.45, 7) is 2.09. The highest BCUT2D eigenvalue weighted by Crippen LogP contribution is 2.48. The molecular formula is C27H29ClN4O2. The van der Waals surface area contributed by atoms with Gasteiger partial charge in [-0.1, -0.05) is 29.8 Å². The maximum absolute atomic E-state index is 12.7. The highest BCUT2D eigenvalue weighted by molar-refractivity contribution is 6.31. The molecule has 2 aliphatic rings. The largest absolute Gasteiger partial charge is 0.350 e. The van der Waals surface area contributed by atoms with E-state index in [1.807, 2.05) is 17.0 Å². The first-order valence-corrected chi connectivity index (χ1v) is 12.1. The molecule has 1 aromatic heterocycles. The average Bonchev–Trinajstić information content (AvgIpc) is 3.50. The SMILES string of the molecule is CN(C)CC1(c2ccc(N3CC(CNC(=O)c4ccc5cc(Cl)ccc5n4)CC3=O)cc2)CC1. The molecule has 0 spiro atoms. The van der Waals surface area contributed by atoms with Crippen molar-refractivity contribution >= 4 is 40.0 Å². The lowest BCUT2D eigenvalue weighted by molar-refractivity contribution is -0.117. The second kappa shape index (κ2) is 9.01. The molecular weight excluding hydrogens is 448 g/mol. The van der Waals surface area contributed by atoms with Gasteiger partial charge in [0.1, 0.15) is 5.69 Å². The van der Waals surface area contributed by atoms with E-state index in [-0.39, 0.29) is 23.1 Å². The van der Waals surface area contributed by atoms with Gasteiger partial charge >= 0.3 is 0 Å². The van der Waals surface area contributed by atoms with Gasteiger partial charge in [-0.15, -0.1) is 0 Å². The number of nitrogens with one attached hydrogen (secondary N) is 1. The minimum absolute atomic E-state index is 0.0684. The molecule has 7 heteroatoms. The first-order chi connectivity index (χ1) is 16.3. The molecule has 1 N–H and O–H groups in total. The molecule has 1 unspecified atom stereocenters. The van der Waals surface area contributed by atoms with Gasteiger partial charge < -0.3 is 15.1 Å². The molecule has 1 aliphatic heterocycles. The highest BCUT2D eigenvalue weighted by atomic mass is 35.5. The zero-order chi connectivity index (χ0) is 23.9. The number of amides is 2. The third-order valence-electron chi connectivity index (χ3n) is 6.90. The van der Waals surface area contributed by atoms with E-state index in [4.69, 9.17) is 11.6 Å². The van der Waals surface area contributed by atoms with Crippen molar-refractivity contribution in [3.63, 3.8) is 0 Å². The number of pyridine rings is 1. The lowest BCUT2D eigenvalue weighted by Crippen LogP contribution is -2.31. The van der Waals surface area contributed by atoms with E-state index in [2.05, 4.69) is 53.6 Å². The fourth-order valence-corrected chi connectivity index (χ4v) is 5.19. The number of nitrogens with zero attached hydrogens (tertiary/aromatic N) is 3. The molecule has 0 bridgehead atoms. The summed E-state index contributed by atoms with van der Waals surface area (Å²) in [5.41, 5.74) is 3.63. The number of anilines is 1. The topological polar surface area (TPSA) is 65.5 Å². The Hall–Kier alpha value is -2.96. The normalized spacial score (nSPS) is 19.1. The number of halogens is 1. The van der Waals surface area contributed by atoms with Crippen molar-refractivity contribution in [1.29, 1.82) is 0 Å². The van der Waals surface area contributed by atoms with Crippen LogP contribution in [0.1, 0.15) is 35.3 Å². The molecule has 2 amide bonds. The Kier molecular flexibility index (Phi) is 6.04. The van der Waals surface area contributed by atoms with Crippen LogP contribution >= 0.6 is 11.6 Å². The van der Waals surface area contributed by atoms with Crippen LogP contribution in [0, 0.1) is 5.92 Å². The lowest BCUT2D eigenvalue weighted by Gasteiger charge is -2.22. The number of benzene rings is 2. The van der Waals surface area contributed by atoms with Crippen molar-refractivity contribution in [2.24, 2.45) is 5.92 Å². The third kappa shape index (κ3) is 4.65. The van der Waals surface area contributed by atoms with Crippen LogP contribution in [0.3, 0.4) is 0 Å². The van der Waals surface area contributed by atoms with Crippen molar-refractivity contribution in [3.8, 4) is 0 Å². The van der Waals surface area contributed by atoms with Crippen molar-refractivity contribution in [1.82, 2.24) is 15.2 Å². The lowest BCUT2D eigenvalue weighted by atomic mass is 9.95. The molecule has 2 aromatic carbocycles. The molecule has 2 fully saturated rings. The Morgan fingerprint density at radius 2 is 1.91 bits per heavy atom. The average molecular weight is 477 g/mol. The monoisotopic (exact) mass is 476 g/mol. The Bertz CT molecular complexity index is 1240. The zero-order valence-corrected chi connectivity index (χ0v) is 20.3. The summed E-state index contributed by atoms with van der Waals surface area (Å²) in [4.78, 5) is 33.9.